The minimum Gasteiger partial charge on any atom is -0.456 e. The third-order valence-corrected chi connectivity index (χ3v) is 30.4. The van der Waals surface area contributed by atoms with Gasteiger partial charge in [0, 0.05) is 83.4 Å². The Hall–Kier alpha value is -16.0. The van der Waals surface area contributed by atoms with Crippen LogP contribution in [0.4, 0.5) is 68.2 Å². The van der Waals surface area contributed by atoms with Crippen molar-refractivity contribution in [1.82, 2.24) is 0 Å². The summed E-state index contributed by atoms with van der Waals surface area (Å²) in [5.74, 6) is 0.535. The molecule has 0 radical (unpaired) electrons. The van der Waals surface area contributed by atoms with E-state index in [1.807, 2.05) is 0 Å². The van der Waals surface area contributed by atoms with Crippen molar-refractivity contribution in [1.29, 1.82) is 0 Å². The van der Waals surface area contributed by atoms with Crippen molar-refractivity contribution in [2.75, 3.05) is 19.6 Å². The van der Waals surface area contributed by atoms with Gasteiger partial charge in [-0.25, -0.2) is 0 Å². The number of para-hydroxylation sites is 4. The van der Waals surface area contributed by atoms with Crippen LogP contribution in [0.2, 0.25) is 0 Å². The number of nitrogens with zero attached hydrogens (tertiary/aromatic N) is 4. The van der Waals surface area contributed by atoms with Crippen LogP contribution < -0.4 is 19.6 Å². The fraction of sp³-hybridized carbons (Fsp3) is 0.130. The van der Waals surface area contributed by atoms with Gasteiger partial charge in [0.25, 0.3) is 0 Å². The quantitative estimate of drug-likeness (QED) is 0.0897. The normalized spacial score (nSPS) is 14.0. The lowest BCUT2D eigenvalue weighted by Crippen LogP contribution is -2.30. The molecule has 0 saturated heterocycles. The van der Waals surface area contributed by atoms with Gasteiger partial charge in [-0.2, -0.15) is 0 Å². The zero-order valence-corrected chi connectivity index (χ0v) is 79.4. The van der Waals surface area contributed by atoms with Gasteiger partial charge in [0.2, 0.25) is 0 Å². The summed E-state index contributed by atoms with van der Waals surface area (Å²) in [6.45, 7) is 28.0. The average molecular weight is 1770 g/mol. The Balaban J connectivity index is 0.000000146. The Kier molecular flexibility index (Phi) is 19.1. The smallest absolute Gasteiger partial charge is 0.137 e. The maximum Gasteiger partial charge on any atom is 0.137 e. The second-order valence-corrected chi connectivity index (χ2v) is 40.3. The van der Waals surface area contributed by atoms with Crippen molar-refractivity contribution >= 4 is 166 Å². The second-order valence-electron chi connectivity index (χ2n) is 40.3. The largest absolute Gasteiger partial charge is 0.456 e. The van der Waals surface area contributed by atoms with E-state index in [1.54, 1.807) is 0 Å². The van der Waals surface area contributed by atoms with Gasteiger partial charge in [-0.15, -0.1) is 0 Å². The highest BCUT2D eigenvalue weighted by Gasteiger charge is 2.43. The summed E-state index contributed by atoms with van der Waals surface area (Å²) < 4.78 is 13.3. The molecule has 0 amide bonds. The molecule has 0 saturated carbocycles. The van der Waals surface area contributed by atoms with Crippen LogP contribution >= 0.6 is 0 Å². The molecule has 26 rings (SSSR count). The van der Waals surface area contributed by atoms with E-state index in [-0.39, 0.29) is 28.1 Å². The first-order chi connectivity index (χ1) is 66.7. The zero-order chi connectivity index (χ0) is 92.8. The van der Waals surface area contributed by atoms with E-state index in [1.165, 1.54) is 188 Å². The molecule has 2 aromatic heterocycles. The Morgan fingerprint density at radius 3 is 1.04 bits per heavy atom. The first kappa shape index (κ1) is 82.9. The molecule has 0 unspecified atom stereocenters. The molecular formula is C131H104N4O2. The molecule has 5 heterocycles. The van der Waals surface area contributed by atoms with Crippen molar-refractivity contribution in [3.8, 4) is 44.5 Å². The topological polar surface area (TPSA) is 39.2 Å². The highest BCUT2D eigenvalue weighted by molar-refractivity contribution is 6.30. The number of rotatable bonds is 12. The predicted molar refractivity (Wildman–Crippen MR) is 581 cm³/mol. The van der Waals surface area contributed by atoms with E-state index < -0.39 is 0 Å². The third-order valence-electron chi connectivity index (χ3n) is 30.4. The Morgan fingerprint density at radius 1 is 0.226 bits per heavy atom. The minimum atomic E-state index is -0.261. The molecule has 21 aromatic carbocycles. The number of aryl methyl sites for hydroxylation is 2. The Labute approximate surface area is 800 Å². The summed E-state index contributed by atoms with van der Waals surface area (Å²) in [5.41, 5.74) is 39.6. The van der Waals surface area contributed by atoms with Crippen LogP contribution in [0.5, 0.6) is 0 Å². The van der Waals surface area contributed by atoms with Crippen molar-refractivity contribution < 1.29 is 8.83 Å². The van der Waals surface area contributed by atoms with Gasteiger partial charge in [-0.3, -0.25) is 0 Å². The molecule has 0 spiro atoms. The lowest BCUT2D eigenvalue weighted by Gasteiger charge is -2.42. The van der Waals surface area contributed by atoms with Gasteiger partial charge < -0.3 is 28.4 Å². The van der Waals surface area contributed by atoms with Crippen LogP contribution in [-0.4, -0.2) is 0 Å². The molecule has 3 aliphatic heterocycles. The molecule has 0 bridgehead atoms. The maximum atomic E-state index is 6.67. The summed E-state index contributed by atoms with van der Waals surface area (Å²) in [6, 6.07) is 149. The van der Waals surface area contributed by atoms with Crippen LogP contribution in [0.1, 0.15) is 137 Å². The number of hydrogen-bond acceptors (Lipinski definition) is 6. The number of hydrogen-bond donors (Lipinski definition) is 0. The van der Waals surface area contributed by atoms with Gasteiger partial charge in [0.05, 0.1) is 45.5 Å². The standard InChI is InChI=1S/C67H54N2O.C64H50N2O/c1-41(2)54-38-60(68(47-29-25-45(26-30-47)43-17-9-7-10-18-43)48-31-27-46(28-32-48)44-19-11-8-12-20-44)52-35-33-51-55(42(3)4)39-61(53-36-34-50(54)65(52)66(51)53)69-59-23-15-14-22-57(59)67(5,6)58-37-56-49-21-13-16-24-63(49)70-64(56)40-62(58)69;1-39-25-31-56-52(33-39)64(5,6)53-34-40(2)26-32-57(53)65(56)43-27-29-46-49(35-43)61(41-17-9-7-10-18-41)47-30-28-44(36-50(47)62(46)42-19-11-8-12-20-42)66-55-23-15-14-22-51(55)63(3,4)54-37-48-45-21-13-16-24-59(45)67-60(48)38-58(54)66/h7-42H,1-6H3;7-38H,1-6H3. The molecule has 0 fully saturated rings. The zero-order valence-electron chi connectivity index (χ0n) is 79.4. The van der Waals surface area contributed by atoms with Gasteiger partial charge in [-0.05, 0) is 267 Å². The van der Waals surface area contributed by atoms with E-state index >= 15 is 0 Å². The van der Waals surface area contributed by atoms with E-state index in [4.69, 9.17) is 8.83 Å². The van der Waals surface area contributed by atoms with E-state index in [0.717, 1.165) is 78.0 Å². The molecule has 6 heteroatoms. The number of anilines is 12. The molecule has 3 aliphatic rings. The molecule has 137 heavy (non-hydrogen) atoms. The molecule has 6 nitrogen and oxygen atoms in total. The lowest BCUT2D eigenvalue weighted by molar-refractivity contribution is 0.630. The van der Waals surface area contributed by atoms with Crippen molar-refractivity contribution in [2.45, 2.75) is 111 Å². The fourth-order valence-electron chi connectivity index (χ4n) is 23.6. The maximum absolute atomic E-state index is 6.67. The van der Waals surface area contributed by atoms with Crippen LogP contribution in [0.15, 0.2) is 409 Å². The van der Waals surface area contributed by atoms with Gasteiger partial charge >= 0.3 is 0 Å². The monoisotopic (exact) mass is 1760 g/mol. The molecule has 0 aliphatic carbocycles. The summed E-state index contributed by atoms with van der Waals surface area (Å²) in [7, 11) is 0. The lowest BCUT2D eigenvalue weighted by atomic mass is 9.72. The van der Waals surface area contributed by atoms with Crippen molar-refractivity contribution in [3.05, 3.63) is 456 Å². The van der Waals surface area contributed by atoms with Gasteiger partial charge in [-0.1, -0.05) is 359 Å². The predicted octanol–water partition coefficient (Wildman–Crippen LogP) is 37.7. The van der Waals surface area contributed by atoms with E-state index in [9.17, 15) is 0 Å². The van der Waals surface area contributed by atoms with Crippen molar-refractivity contribution in [3.63, 3.8) is 0 Å². The summed E-state index contributed by atoms with van der Waals surface area (Å²) in [4.78, 5) is 10.0. The Morgan fingerprint density at radius 2 is 0.577 bits per heavy atom. The first-order valence-electron chi connectivity index (χ1n) is 48.5. The van der Waals surface area contributed by atoms with Crippen LogP contribution in [0.25, 0.3) is 142 Å². The second kappa shape index (κ2) is 31.6. The van der Waals surface area contributed by atoms with Crippen LogP contribution in [0.3, 0.4) is 0 Å². The fourth-order valence-corrected chi connectivity index (χ4v) is 23.6. The molecule has 23 aromatic rings. The van der Waals surface area contributed by atoms with Crippen molar-refractivity contribution in [2.24, 2.45) is 0 Å². The highest BCUT2D eigenvalue weighted by Crippen LogP contribution is 2.61. The van der Waals surface area contributed by atoms with Gasteiger partial charge in [0.15, 0.2) is 0 Å². The number of fused-ring (bicyclic) bond motifs is 14. The highest BCUT2D eigenvalue weighted by atomic mass is 16.3. The minimum absolute atomic E-state index is 0.164. The molecular weight excluding hydrogens is 1660 g/mol. The summed E-state index contributed by atoms with van der Waals surface area (Å²) in [6.07, 6.45) is 0. The summed E-state index contributed by atoms with van der Waals surface area (Å²) >= 11 is 0. The number of benzene rings is 21. The average Bonchev–Trinajstić information content (AvgIpc) is 1.69. The van der Waals surface area contributed by atoms with E-state index in [0.29, 0.717) is 0 Å². The van der Waals surface area contributed by atoms with E-state index in [2.05, 4.69) is 503 Å². The van der Waals surface area contributed by atoms with Gasteiger partial charge in [0.1, 0.15) is 22.3 Å². The SMILES string of the molecule is CC(C)c1cc(N(c2ccc(-c3ccccc3)cc2)c2ccc(-c3ccccc3)cc2)c2ccc3c(C(C)C)cc(N4c5ccccc5C(C)(C)c5cc6c(cc54)oc4ccccc46)c4ccc1c2c34.Cc1ccc2c(c1)C(C)(C)c1cc(C)ccc1N2c1ccc2c(-c3ccccc3)c3cc(N4c5ccccc5C(C)(C)c5cc6c(cc54)oc4ccccc46)ccc3c(-c3ccccc3)c2c1. The van der Waals surface area contributed by atoms with Crippen LogP contribution in [0, 0.1) is 13.8 Å². The molecule has 0 atom stereocenters. The molecule has 0 N–H and O–H groups in total. The summed E-state index contributed by atoms with van der Waals surface area (Å²) in [5, 5.41) is 17.2. The Bertz CT molecular complexity index is 8680. The number of furan rings is 2. The molecule has 660 valence electrons. The third kappa shape index (κ3) is 13.0. The first-order valence-corrected chi connectivity index (χ1v) is 48.5. The van der Waals surface area contributed by atoms with Crippen LogP contribution in [-0.2, 0) is 16.2 Å².